The number of aryl methyl sites for hydroxylation is 1. The van der Waals surface area contributed by atoms with Gasteiger partial charge in [0.2, 0.25) is 0 Å². The van der Waals surface area contributed by atoms with Crippen molar-refractivity contribution in [3.63, 3.8) is 0 Å². The monoisotopic (exact) mass is 489 g/mol. The molecule has 0 saturated heterocycles. The number of alkyl halides is 3. The van der Waals surface area contributed by atoms with Crippen molar-refractivity contribution in [1.82, 2.24) is 10.4 Å². The molecule has 1 amide bonds. The van der Waals surface area contributed by atoms with Crippen LogP contribution in [0.15, 0.2) is 95.1 Å². The fraction of sp³-hybridized carbons (Fsp3) is 0.111. The summed E-state index contributed by atoms with van der Waals surface area (Å²) in [5.41, 5.74) is 6.95. The van der Waals surface area contributed by atoms with Crippen LogP contribution in [0.1, 0.15) is 33.6 Å². The van der Waals surface area contributed by atoms with Gasteiger partial charge in [0.25, 0.3) is 5.91 Å². The van der Waals surface area contributed by atoms with Crippen LogP contribution in [0.25, 0.3) is 10.9 Å². The minimum atomic E-state index is -4.45. The van der Waals surface area contributed by atoms with E-state index < -0.39 is 17.6 Å². The van der Waals surface area contributed by atoms with Crippen LogP contribution in [0.4, 0.5) is 18.9 Å². The van der Waals surface area contributed by atoms with Crippen molar-refractivity contribution < 1.29 is 18.0 Å². The van der Waals surface area contributed by atoms with E-state index in [1.165, 1.54) is 23.9 Å². The number of carbonyl (C=O) groups is 1. The maximum absolute atomic E-state index is 12.9. The van der Waals surface area contributed by atoms with Crippen LogP contribution < -0.4 is 10.9 Å². The Kier molecular flexibility index (Phi) is 7.69. The smallest absolute Gasteiger partial charge is 0.278 e. The Morgan fingerprint density at radius 3 is 2.50 bits per heavy atom. The van der Waals surface area contributed by atoms with E-state index in [1.54, 1.807) is 36.5 Å². The predicted octanol–water partition coefficient (Wildman–Crippen LogP) is 6.05. The lowest BCUT2D eigenvalue weighted by Gasteiger charge is -2.08. The highest BCUT2D eigenvalue weighted by Gasteiger charge is 2.30. The number of aromatic nitrogens is 1. The molecule has 1 aromatic heterocycles. The lowest BCUT2D eigenvalue weighted by Crippen LogP contribution is -2.18. The first-order valence-corrected chi connectivity index (χ1v) is 11.1. The van der Waals surface area contributed by atoms with Gasteiger partial charge in [0, 0.05) is 11.6 Å². The number of nitrogens with zero attached hydrogens (tertiary/aromatic N) is 3. The molecule has 36 heavy (non-hydrogen) atoms. The minimum Gasteiger partial charge on any atom is -0.278 e. The van der Waals surface area contributed by atoms with Crippen LogP contribution in [0.2, 0.25) is 0 Å². The van der Waals surface area contributed by atoms with Crippen molar-refractivity contribution in [2.24, 2.45) is 10.2 Å². The highest BCUT2D eigenvalue weighted by Crippen LogP contribution is 2.30. The zero-order valence-corrected chi connectivity index (χ0v) is 19.0. The summed E-state index contributed by atoms with van der Waals surface area (Å²) in [5.74, 6) is -0.412. The van der Waals surface area contributed by atoms with Gasteiger partial charge in [-0.2, -0.15) is 23.4 Å². The molecule has 4 aromatic rings. The summed E-state index contributed by atoms with van der Waals surface area (Å²) in [7, 11) is 0. The number of carbonyl (C=O) groups excluding carboxylic acids is 1. The second kappa shape index (κ2) is 11.3. The average molecular weight is 490 g/mol. The van der Waals surface area contributed by atoms with E-state index in [-0.39, 0.29) is 5.69 Å². The summed E-state index contributed by atoms with van der Waals surface area (Å²) in [6.45, 7) is 0. The highest BCUT2D eigenvalue weighted by molar-refractivity contribution is 6.07. The molecule has 0 bridgehead atoms. The number of amides is 1. The van der Waals surface area contributed by atoms with Crippen LogP contribution in [-0.2, 0) is 12.6 Å². The summed E-state index contributed by atoms with van der Waals surface area (Å²) >= 11 is 0. The van der Waals surface area contributed by atoms with Gasteiger partial charge in [-0.1, -0.05) is 54.6 Å². The van der Waals surface area contributed by atoms with Crippen molar-refractivity contribution in [3.05, 3.63) is 107 Å². The van der Waals surface area contributed by atoms with E-state index in [1.807, 2.05) is 30.3 Å². The molecule has 6 nitrogen and oxygen atoms in total. The van der Waals surface area contributed by atoms with Gasteiger partial charge >= 0.3 is 6.18 Å². The quantitative estimate of drug-likeness (QED) is 0.234. The Balaban J connectivity index is 1.46. The second-order valence-corrected chi connectivity index (χ2v) is 7.84. The number of anilines is 1. The molecule has 3 aromatic carbocycles. The third kappa shape index (κ3) is 6.53. The normalized spacial score (nSPS) is 11.9. The molecule has 0 spiro atoms. The largest absolute Gasteiger partial charge is 0.416 e. The number of hydrogen-bond acceptors (Lipinski definition) is 5. The third-order valence-corrected chi connectivity index (χ3v) is 5.22. The van der Waals surface area contributed by atoms with Gasteiger partial charge in [0.15, 0.2) is 0 Å². The van der Waals surface area contributed by atoms with E-state index in [2.05, 4.69) is 26.0 Å². The first kappa shape index (κ1) is 24.6. The Morgan fingerprint density at radius 2 is 1.69 bits per heavy atom. The van der Waals surface area contributed by atoms with Gasteiger partial charge in [-0.15, -0.1) is 0 Å². The lowest BCUT2D eigenvalue weighted by molar-refractivity contribution is -0.137. The number of halogens is 3. The molecule has 0 aliphatic carbocycles. The van der Waals surface area contributed by atoms with Gasteiger partial charge in [-0.05, 0) is 48.7 Å². The third-order valence-electron chi connectivity index (χ3n) is 5.22. The first-order valence-electron chi connectivity index (χ1n) is 11.1. The second-order valence-electron chi connectivity index (χ2n) is 7.84. The fourth-order valence-electron chi connectivity index (χ4n) is 3.49. The topological polar surface area (TPSA) is 78.7 Å². The summed E-state index contributed by atoms with van der Waals surface area (Å²) in [6.07, 6.45) is 0.00817. The van der Waals surface area contributed by atoms with Crippen LogP contribution in [-0.4, -0.2) is 23.3 Å². The van der Waals surface area contributed by atoms with Crippen molar-refractivity contribution in [3.8, 4) is 0 Å². The molecule has 0 saturated carbocycles. The van der Waals surface area contributed by atoms with Crippen LogP contribution in [0.3, 0.4) is 0 Å². The SMILES string of the molecule is O=C(N/N=C\CCc1ccccc1)c1cc(/C=N/Nc2cccc(C(F)(F)F)c2)nc2ccccc12. The van der Waals surface area contributed by atoms with E-state index in [0.717, 1.165) is 18.6 Å². The predicted molar refractivity (Wildman–Crippen MR) is 135 cm³/mol. The molecule has 0 fully saturated rings. The number of nitrogens with one attached hydrogen (secondary N) is 2. The van der Waals surface area contributed by atoms with Crippen LogP contribution in [0.5, 0.6) is 0 Å². The molecule has 9 heteroatoms. The molecule has 0 radical (unpaired) electrons. The number of hydrogen-bond donors (Lipinski definition) is 2. The number of para-hydroxylation sites is 1. The maximum Gasteiger partial charge on any atom is 0.416 e. The molecular formula is C27H22F3N5O. The summed E-state index contributed by atoms with van der Waals surface area (Å²) < 4.78 is 38.7. The molecule has 0 atom stereocenters. The summed E-state index contributed by atoms with van der Waals surface area (Å²) in [6, 6.07) is 23.3. The molecular weight excluding hydrogens is 467 g/mol. The molecule has 0 aliphatic rings. The van der Waals surface area contributed by atoms with Crippen molar-refractivity contribution in [2.45, 2.75) is 19.0 Å². The number of pyridine rings is 1. The van der Waals surface area contributed by atoms with E-state index in [9.17, 15) is 18.0 Å². The maximum atomic E-state index is 12.9. The zero-order chi connectivity index (χ0) is 25.4. The first-order chi connectivity index (χ1) is 17.4. The lowest BCUT2D eigenvalue weighted by atomic mass is 10.1. The Morgan fingerprint density at radius 1 is 0.917 bits per heavy atom. The molecule has 0 aliphatic heterocycles. The molecule has 1 heterocycles. The highest BCUT2D eigenvalue weighted by atomic mass is 19.4. The zero-order valence-electron chi connectivity index (χ0n) is 19.0. The number of rotatable bonds is 8. The van der Waals surface area contributed by atoms with E-state index in [4.69, 9.17) is 0 Å². The van der Waals surface area contributed by atoms with Gasteiger partial charge in [-0.25, -0.2) is 10.4 Å². The standard InChI is InChI=1S/C27H22F3N5O/c28-27(29,30)20-11-6-12-21(16-20)34-32-18-22-17-24(23-13-4-5-14-25(23)33-22)26(36)35-31-15-7-10-19-8-2-1-3-9-19/h1-6,8-9,11-18,34H,7,10H2,(H,35,36)/b31-15-,32-18+. The van der Waals surface area contributed by atoms with Crippen molar-refractivity contribution in [1.29, 1.82) is 0 Å². The van der Waals surface area contributed by atoms with Crippen LogP contribution in [0, 0.1) is 0 Å². The van der Waals surface area contributed by atoms with E-state index in [0.29, 0.717) is 28.6 Å². The van der Waals surface area contributed by atoms with Gasteiger partial charge in [0.1, 0.15) is 0 Å². The number of fused-ring (bicyclic) bond motifs is 1. The van der Waals surface area contributed by atoms with Gasteiger partial charge in [0.05, 0.1) is 34.2 Å². The number of benzene rings is 3. The van der Waals surface area contributed by atoms with E-state index >= 15 is 0 Å². The average Bonchev–Trinajstić information content (AvgIpc) is 2.88. The Labute approximate surface area is 205 Å². The molecule has 4 rings (SSSR count). The fourth-order valence-corrected chi connectivity index (χ4v) is 3.49. The van der Waals surface area contributed by atoms with Crippen molar-refractivity contribution in [2.75, 3.05) is 5.43 Å². The summed E-state index contributed by atoms with van der Waals surface area (Å²) in [5, 5.41) is 8.67. The van der Waals surface area contributed by atoms with Gasteiger partial charge < -0.3 is 0 Å². The minimum absolute atomic E-state index is 0.171. The number of hydrazone groups is 2. The van der Waals surface area contributed by atoms with Gasteiger partial charge in [-0.3, -0.25) is 10.2 Å². The molecule has 182 valence electrons. The Hall–Kier alpha value is -4.53. The molecule has 2 N–H and O–H groups in total. The van der Waals surface area contributed by atoms with Crippen LogP contribution >= 0.6 is 0 Å². The molecule has 0 unspecified atom stereocenters. The Bertz CT molecular complexity index is 1400. The van der Waals surface area contributed by atoms with Crippen molar-refractivity contribution >= 4 is 34.9 Å². The summed E-state index contributed by atoms with van der Waals surface area (Å²) in [4.78, 5) is 17.3.